The van der Waals surface area contributed by atoms with Crippen LogP contribution in [0.25, 0.3) is 0 Å². The third kappa shape index (κ3) is 2.55. The lowest BCUT2D eigenvalue weighted by atomic mass is 10.1. The molecule has 19 heavy (non-hydrogen) atoms. The molecule has 1 unspecified atom stereocenters. The van der Waals surface area contributed by atoms with Crippen molar-refractivity contribution in [3.8, 4) is 0 Å². The van der Waals surface area contributed by atoms with E-state index in [1.165, 1.54) is 0 Å². The molecule has 0 bridgehead atoms. The highest BCUT2D eigenvalue weighted by Gasteiger charge is 2.34. The topological polar surface area (TPSA) is 35.6 Å². The molecule has 1 N–H and O–H groups in total. The van der Waals surface area contributed by atoms with Crippen molar-refractivity contribution < 1.29 is 4.79 Å². The molecule has 0 saturated carbocycles. The Morgan fingerprint density at radius 1 is 1.42 bits per heavy atom. The van der Waals surface area contributed by atoms with Crippen LogP contribution in [0, 0.1) is 6.92 Å². The zero-order chi connectivity index (χ0) is 13.4. The first kappa shape index (κ1) is 13.1. The number of hydrogen-bond acceptors (Lipinski definition) is 3. The average Bonchev–Trinajstić information content (AvgIpc) is 2.38. The Bertz CT molecular complexity index is 505. The normalized spacial score (nSPS) is 24.4. The summed E-state index contributed by atoms with van der Waals surface area (Å²) in [5.41, 5.74) is 2.18. The fraction of sp³-hybridized carbons (Fsp3) is 0.500. The van der Waals surface area contributed by atoms with E-state index in [1.54, 1.807) is 0 Å². The van der Waals surface area contributed by atoms with Crippen LogP contribution in [-0.2, 0) is 4.79 Å². The maximum atomic E-state index is 12.3. The zero-order valence-electron chi connectivity index (χ0n) is 11.0. The molecule has 0 aromatic heterocycles. The van der Waals surface area contributed by atoms with E-state index in [0.29, 0.717) is 12.6 Å². The van der Waals surface area contributed by atoms with Gasteiger partial charge in [0.2, 0.25) is 5.91 Å². The van der Waals surface area contributed by atoms with E-state index in [-0.39, 0.29) is 5.91 Å². The third-order valence-corrected chi connectivity index (χ3v) is 4.45. The number of rotatable bonds is 1. The van der Waals surface area contributed by atoms with Crippen LogP contribution >= 0.6 is 15.9 Å². The number of carbonyl (C=O) groups excluding carboxylic acids is 1. The molecule has 2 fully saturated rings. The molecule has 5 heteroatoms. The van der Waals surface area contributed by atoms with Crippen molar-refractivity contribution in [2.45, 2.75) is 13.0 Å². The van der Waals surface area contributed by atoms with Crippen LogP contribution in [0.1, 0.15) is 5.56 Å². The van der Waals surface area contributed by atoms with E-state index in [9.17, 15) is 4.79 Å². The predicted octanol–water partition coefficient (Wildman–Crippen LogP) is 1.38. The van der Waals surface area contributed by atoms with Gasteiger partial charge in [0.25, 0.3) is 0 Å². The van der Waals surface area contributed by atoms with E-state index >= 15 is 0 Å². The largest absolute Gasteiger partial charge is 0.314 e. The van der Waals surface area contributed by atoms with Gasteiger partial charge in [0, 0.05) is 42.4 Å². The number of amides is 1. The summed E-state index contributed by atoms with van der Waals surface area (Å²) < 4.78 is 1.05. The van der Waals surface area contributed by atoms with Gasteiger partial charge in [-0.3, -0.25) is 9.69 Å². The highest BCUT2D eigenvalue weighted by atomic mass is 79.9. The molecule has 2 aliphatic rings. The van der Waals surface area contributed by atoms with E-state index in [1.807, 2.05) is 17.0 Å². The Balaban J connectivity index is 1.86. The van der Waals surface area contributed by atoms with Crippen molar-refractivity contribution in [3.05, 3.63) is 28.2 Å². The summed E-state index contributed by atoms with van der Waals surface area (Å²) in [5, 5.41) is 3.41. The molecule has 3 rings (SSSR count). The molecular weight excluding hydrogens is 306 g/mol. The Morgan fingerprint density at radius 2 is 2.26 bits per heavy atom. The van der Waals surface area contributed by atoms with Gasteiger partial charge in [-0.25, -0.2) is 0 Å². The number of fused-ring (bicyclic) bond motifs is 1. The number of halogens is 1. The van der Waals surface area contributed by atoms with Gasteiger partial charge in [-0.05, 0) is 30.7 Å². The minimum atomic E-state index is 0.212. The van der Waals surface area contributed by atoms with Gasteiger partial charge in [0.05, 0.1) is 6.54 Å². The number of aryl methyl sites for hydroxylation is 1. The Labute approximate surface area is 121 Å². The SMILES string of the molecule is Cc1cc(Br)ccc1N1CC2CNCCN2CC1=O. The first-order valence-electron chi connectivity index (χ1n) is 6.66. The molecular formula is C14H18BrN3O. The number of piperazine rings is 2. The Hall–Kier alpha value is -0.910. The summed E-state index contributed by atoms with van der Waals surface area (Å²) >= 11 is 3.47. The molecule has 102 valence electrons. The van der Waals surface area contributed by atoms with Crippen LogP contribution in [0.3, 0.4) is 0 Å². The van der Waals surface area contributed by atoms with Crippen molar-refractivity contribution in [3.63, 3.8) is 0 Å². The van der Waals surface area contributed by atoms with Crippen LogP contribution in [0.2, 0.25) is 0 Å². The van der Waals surface area contributed by atoms with Gasteiger partial charge in [-0.15, -0.1) is 0 Å². The van der Waals surface area contributed by atoms with Gasteiger partial charge in [0.15, 0.2) is 0 Å². The Morgan fingerprint density at radius 3 is 3.05 bits per heavy atom. The number of carbonyl (C=O) groups is 1. The minimum Gasteiger partial charge on any atom is -0.314 e. The molecule has 2 heterocycles. The summed E-state index contributed by atoms with van der Waals surface area (Å²) in [4.78, 5) is 16.6. The molecule has 0 spiro atoms. The van der Waals surface area contributed by atoms with Gasteiger partial charge in [-0.2, -0.15) is 0 Å². The monoisotopic (exact) mass is 323 g/mol. The lowest BCUT2D eigenvalue weighted by Crippen LogP contribution is -2.63. The molecule has 2 aliphatic heterocycles. The predicted molar refractivity (Wildman–Crippen MR) is 79.5 cm³/mol. The summed E-state index contributed by atoms with van der Waals surface area (Å²) in [7, 11) is 0. The van der Waals surface area contributed by atoms with Crippen LogP contribution < -0.4 is 10.2 Å². The quantitative estimate of drug-likeness (QED) is 0.848. The van der Waals surface area contributed by atoms with E-state index < -0.39 is 0 Å². The Kier molecular flexibility index (Phi) is 3.60. The summed E-state index contributed by atoms with van der Waals surface area (Å²) in [6.45, 7) is 6.32. The van der Waals surface area contributed by atoms with Crippen LogP contribution in [0.4, 0.5) is 5.69 Å². The third-order valence-electron chi connectivity index (χ3n) is 3.95. The van der Waals surface area contributed by atoms with Crippen molar-refractivity contribution >= 4 is 27.5 Å². The van der Waals surface area contributed by atoms with Crippen LogP contribution in [0.15, 0.2) is 22.7 Å². The lowest BCUT2D eigenvalue weighted by molar-refractivity contribution is -0.122. The van der Waals surface area contributed by atoms with E-state index in [2.05, 4.69) is 39.1 Å². The highest BCUT2D eigenvalue weighted by molar-refractivity contribution is 9.10. The first-order chi connectivity index (χ1) is 9.15. The average molecular weight is 324 g/mol. The van der Waals surface area contributed by atoms with Crippen molar-refractivity contribution in [2.24, 2.45) is 0 Å². The molecule has 1 aromatic rings. The molecule has 0 radical (unpaired) electrons. The smallest absolute Gasteiger partial charge is 0.241 e. The van der Waals surface area contributed by atoms with Crippen molar-refractivity contribution in [1.29, 1.82) is 0 Å². The molecule has 4 nitrogen and oxygen atoms in total. The molecule has 1 amide bonds. The fourth-order valence-corrected chi connectivity index (χ4v) is 3.39. The number of nitrogens with zero attached hydrogens (tertiary/aromatic N) is 2. The molecule has 2 saturated heterocycles. The van der Waals surface area contributed by atoms with Gasteiger partial charge < -0.3 is 10.2 Å². The standard InChI is InChI=1S/C14H18BrN3O/c1-10-6-11(15)2-3-13(10)18-8-12-7-16-4-5-17(12)9-14(18)19/h2-3,6,12,16H,4-5,7-9H2,1H3. The second-order valence-corrected chi connectivity index (χ2v) is 6.18. The van der Waals surface area contributed by atoms with Crippen molar-refractivity contribution in [2.75, 3.05) is 37.6 Å². The van der Waals surface area contributed by atoms with Crippen LogP contribution in [-0.4, -0.2) is 49.6 Å². The maximum Gasteiger partial charge on any atom is 0.241 e. The zero-order valence-corrected chi connectivity index (χ0v) is 12.6. The van der Waals surface area contributed by atoms with Crippen LogP contribution in [0.5, 0.6) is 0 Å². The molecule has 0 aliphatic carbocycles. The van der Waals surface area contributed by atoms with E-state index in [0.717, 1.165) is 41.9 Å². The molecule has 1 aromatic carbocycles. The van der Waals surface area contributed by atoms with E-state index in [4.69, 9.17) is 0 Å². The minimum absolute atomic E-state index is 0.212. The highest BCUT2D eigenvalue weighted by Crippen LogP contribution is 2.26. The summed E-state index contributed by atoms with van der Waals surface area (Å²) in [6, 6.07) is 6.54. The second kappa shape index (κ2) is 5.23. The van der Waals surface area contributed by atoms with Gasteiger partial charge in [-0.1, -0.05) is 15.9 Å². The number of anilines is 1. The van der Waals surface area contributed by atoms with Gasteiger partial charge in [0.1, 0.15) is 0 Å². The second-order valence-electron chi connectivity index (χ2n) is 5.26. The first-order valence-corrected chi connectivity index (χ1v) is 7.46. The number of nitrogens with one attached hydrogen (secondary N) is 1. The molecule has 1 atom stereocenters. The number of hydrogen-bond donors (Lipinski definition) is 1. The summed E-state index contributed by atoms with van der Waals surface area (Å²) in [5.74, 6) is 0.212. The van der Waals surface area contributed by atoms with Gasteiger partial charge >= 0.3 is 0 Å². The summed E-state index contributed by atoms with van der Waals surface area (Å²) in [6.07, 6.45) is 0. The number of benzene rings is 1. The lowest BCUT2D eigenvalue weighted by Gasteiger charge is -2.44. The fourth-order valence-electron chi connectivity index (χ4n) is 2.92. The van der Waals surface area contributed by atoms with Crippen molar-refractivity contribution in [1.82, 2.24) is 10.2 Å². The maximum absolute atomic E-state index is 12.3.